The van der Waals surface area contributed by atoms with Gasteiger partial charge in [0.1, 0.15) is 5.65 Å². The fourth-order valence-corrected chi connectivity index (χ4v) is 3.26. The van der Waals surface area contributed by atoms with Crippen LogP contribution in [0.1, 0.15) is 49.1 Å². The molecule has 2 aromatic rings. The molecular weight excluding hydrogens is 262 g/mol. The van der Waals surface area contributed by atoms with Crippen molar-refractivity contribution in [3.05, 3.63) is 35.3 Å². The molecule has 3 rings (SSSR count). The van der Waals surface area contributed by atoms with Crippen molar-refractivity contribution in [2.75, 3.05) is 0 Å². The highest BCUT2D eigenvalue weighted by molar-refractivity contribution is 5.79. The lowest BCUT2D eigenvalue weighted by atomic mass is 9.95. The first kappa shape index (κ1) is 14.1. The highest BCUT2D eigenvalue weighted by Gasteiger charge is 2.18. The Morgan fingerprint density at radius 3 is 2.86 bits per heavy atom. The van der Waals surface area contributed by atoms with E-state index in [9.17, 15) is 4.79 Å². The zero-order valence-electron chi connectivity index (χ0n) is 12.9. The second-order valence-electron chi connectivity index (χ2n) is 6.11. The van der Waals surface area contributed by atoms with Crippen molar-refractivity contribution < 1.29 is 4.79 Å². The lowest BCUT2D eigenvalue weighted by Crippen LogP contribution is -2.37. The van der Waals surface area contributed by atoms with Gasteiger partial charge in [0.2, 0.25) is 5.91 Å². The molecule has 2 aromatic heterocycles. The number of nitrogens with one attached hydrogen (secondary N) is 1. The quantitative estimate of drug-likeness (QED) is 0.942. The minimum absolute atomic E-state index is 0.119. The Labute approximate surface area is 125 Å². The van der Waals surface area contributed by atoms with Gasteiger partial charge in [-0.2, -0.15) is 0 Å². The smallest absolute Gasteiger partial charge is 0.226 e. The molecule has 2 heterocycles. The molecule has 1 amide bonds. The van der Waals surface area contributed by atoms with E-state index in [-0.39, 0.29) is 5.91 Å². The molecule has 112 valence electrons. The number of rotatable bonds is 3. The zero-order valence-corrected chi connectivity index (χ0v) is 12.9. The number of imidazole rings is 1. The van der Waals surface area contributed by atoms with Crippen LogP contribution in [0.2, 0.25) is 0 Å². The summed E-state index contributed by atoms with van der Waals surface area (Å²) in [5.74, 6) is 0.119. The molecule has 4 nitrogen and oxygen atoms in total. The molecule has 0 aromatic carbocycles. The van der Waals surface area contributed by atoms with Crippen molar-refractivity contribution in [1.29, 1.82) is 0 Å². The molecule has 1 aliphatic rings. The predicted molar refractivity (Wildman–Crippen MR) is 83.4 cm³/mol. The molecule has 21 heavy (non-hydrogen) atoms. The number of aromatic nitrogens is 2. The van der Waals surface area contributed by atoms with E-state index in [1.807, 2.05) is 36.6 Å². The maximum atomic E-state index is 12.3. The SMILES string of the molecule is Cc1nc2c(C)cccn2c1CC(=O)NC1CCCCC1. The van der Waals surface area contributed by atoms with Gasteiger partial charge in [-0.15, -0.1) is 0 Å². The van der Waals surface area contributed by atoms with Crippen LogP contribution in [0.5, 0.6) is 0 Å². The van der Waals surface area contributed by atoms with Gasteiger partial charge < -0.3 is 9.72 Å². The maximum absolute atomic E-state index is 12.3. The van der Waals surface area contributed by atoms with Crippen molar-refractivity contribution in [2.45, 2.75) is 58.4 Å². The van der Waals surface area contributed by atoms with Gasteiger partial charge in [0.25, 0.3) is 0 Å². The Balaban J connectivity index is 1.76. The largest absolute Gasteiger partial charge is 0.353 e. The van der Waals surface area contributed by atoms with Gasteiger partial charge in [-0.25, -0.2) is 4.98 Å². The number of fused-ring (bicyclic) bond motifs is 1. The number of hydrogen-bond donors (Lipinski definition) is 1. The molecule has 0 radical (unpaired) electrons. The fourth-order valence-electron chi connectivity index (χ4n) is 3.26. The van der Waals surface area contributed by atoms with E-state index in [1.54, 1.807) is 0 Å². The van der Waals surface area contributed by atoms with Crippen molar-refractivity contribution in [2.24, 2.45) is 0 Å². The predicted octanol–water partition coefficient (Wildman–Crippen LogP) is 2.94. The summed E-state index contributed by atoms with van der Waals surface area (Å²) in [4.78, 5) is 16.9. The van der Waals surface area contributed by atoms with E-state index < -0.39 is 0 Å². The monoisotopic (exact) mass is 285 g/mol. The Hall–Kier alpha value is -1.84. The lowest BCUT2D eigenvalue weighted by Gasteiger charge is -2.22. The summed E-state index contributed by atoms with van der Waals surface area (Å²) in [6.45, 7) is 4.03. The third-order valence-corrected chi connectivity index (χ3v) is 4.44. The first-order valence-electron chi connectivity index (χ1n) is 7.87. The molecule has 1 saturated carbocycles. The van der Waals surface area contributed by atoms with Gasteiger partial charge in [0, 0.05) is 12.2 Å². The van der Waals surface area contributed by atoms with Crippen molar-refractivity contribution >= 4 is 11.6 Å². The Morgan fingerprint density at radius 2 is 2.10 bits per heavy atom. The van der Waals surface area contributed by atoms with Crippen LogP contribution in [0.3, 0.4) is 0 Å². The highest BCUT2D eigenvalue weighted by Crippen LogP contribution is 2.19. The van der Waals surface area contributed by atoms with E-state index in [2.05, 4.69) is 10.3 Å². The first-order chi connectivity index (χ1) is 10.1. The summed E-state index contributed by atoms with van der Waals surface area (Å²) < 4.78 is 2.05. The van der Waals surface area contributed by atoms with E-state index in [0.29, 0.717) is 12.5 Å². The topological polar surface area (TPSA) is 46.4 Å². The molecule has 1 N–H and O–H groups in total. The van der Waals surface area contributed by atoms with Gasteiger partial charge in [0.05, 0.1) is 17.8 Å². The average Bonchev–Trinajstić information content (AvgIpc) is 2.78. The van der Waals surface area contributed by atoms with Crippen LogP contribution >= 0.6 is 0 Å². The normalized spacial score (nSPS) is 16.3. The van der Waals surface area contributed by atoms with E-state index >= 15 is 0 Å². The number of pyridine rings is 1. The van der Waals surface area contributed by atoms with E-state index in [0.717, 1.165) is 35.4 Å². The van der Waals surface area contributed by atoms with Gasteiger partial charge >= 0.3 is 0 Å². The van der Waals surface area contributed by atoms with Crippen molar-refractivity contribution in [1.82, 2.24) is 14.7 Å². The Kier molecular flexibility index (Phi) is 3.95. The third-order valence-electron chi connectivity index (χ3n) is 4.44. The van der Waals surface area contributed by atoms with Crippen LogP contribution in [0.15, 0.2) is 18.3 Å². The van der Waals surface area contributed by atoms with Crippen LogP contribution in [0, 0.1) is 13.8 Å². The van der Waals surface area contributed by atoms with Gasteiger partial charge in [-0.3, -0.25) is 4.79 Å². The average molecular weight is 285 g/mol. The molecule has 0 spiro atoms. The molecule has 0 aliphatic heterocycles. The van der Waals surface area contributed by atoms with Crippen molar-refractivity contribution in [3.63, 3.8) is 0 Å². The summed E-state index contributed by atoms with van der Waals surface area (Å²) in [7, 11) is 0. The number of carbonyl (C=O) groups excluding carboxylic acids is 1. The van der Waals surface area contributed by atoms with Crippen molar-refractivity contribution in [3.8, 4) is 0 Å². The van der Waals surface area contributed by atoms with Gasteiger partial charge in [-0.1, -0.05) is 25.3 Å². The molecule has 1 aliphatic carbocycles. The minimum atomic E-state index is 0.119. The molecule has 0 bridgehead atoms. The van der Waals surface area contributed by atoms with Gasteiger partial charge in [-0.05, 0) is 38.3 Å². The molecule has 4 heteroatoms. The molecule has 0 saturated heterocycles. The Bertz CT molecular complexity index is 653. The lowest BCUT2D eigenvalue weighted by molar-refractivity contribution is -0.121. The van der Waals surface area contributed by atoms with Crippen LogP contribution < -0.4 is 5.32 Å². The summed E-state index contributed by atoms with van der Waals surface area (Å²) >= 11 is 0. The van der Waals surface area contributed by atoms with E-state index in [4.69, 9.17) is 0 Å². The first-order valence-corrected chi connectivity index (χ1v) is 7.87. The second kappa shape index (κ2) is 5.88. The summed E-state index contributed by atoms with van der Waals surface area (Å²) in [6.07, 6.45) is 8.42. The zero-order chi connectivity index (χ0) is 14.8. The van der Waals surface area contributed by atoms with E-state index in [1.165, 1.54) is 19.3 Å². The van der Waals surface area contributed by atoms with Crippen LogP contribution in [0.25, 0.3) is 5.65 Å². The van der Waals surface area contributed by atoms with Gasteiger partial charge in [0.15, 0.2) is 0 Å². The standard InChI is InChI=1S/C17H23N3O/c1-12-7-6-10-20-15(13(2)18-17(12)20)11-16(21)19-14-8-4-3-5-9-14/h6-7,10,14H,3-5,8-9,11H2,1-2H3,(H,19,21). The van der Waals surface area contributed by atoms with Crippen LogP contribution in [0.4, 0.5) is 0 Å². The third kappa shape index (κ3) is 2.94. The van der Waals surface area contributed by atoms with Crippen LogP contribution in [-0.2, 0) is 11.2 Å². The second-order valence-corrected chi connectivity index (χ2v) is 6.11. The minimum Gasteiger partial charge on any atom is -0.353 e. The number of hydrogen-bond acceptors (Lipinski definition) is 2. The molecule has 0 atom stereocenters. The maximum Gasteiger partial charge on any atom is 0.226 e. The number of amides is 1. The summed E-state index contributed by atoms with van der Waals surface area (Å²) in [6, 6.07) is 4.42. The number of aryl methyl sites for hydroxylation is 2. The summed E-state index contributed by atoms with van der Waals surface area (Å²) in [5.41, 5.74) is 4.04. The number of carbonyl (C=O) groups is 1. The van der Waals surface area contributed by atoms with Crippen LogP contribution in [-0.4, -0.2) is 21.3 Å². The highest BCUT2D eigenvalue weighted by atomic mass is 16.1. The fraction of sp³-hybridized carbons (Fsp3) is 0.529. The molecular formula is C17H23N3O. The molecule has 0 unspecified atom stereocenters. The number of nitrogens with zero attached hydrogens (tertiary/aromatic N) is 2. The summed E-state index contributed by atoms with van der Waals surface area (Å²) in [5, 5.41) is 3.18. The Morgan fingerprint density at radius 1 is 1.33 bits per heavy atom. The molecule has 1 fully saturated rings.